The molecule has 1 unspecified atom stereocenters. The average Bonchev–Trinajstić information content (AvgIpc) is 3.54. The maximum absolute atomic E-state index is 6.09. The fraction of sp³-hybridized carbons (Fsp3) is 0.261. The Morgan fingerprint density at radius 1 is 1.07 bits per heavy atom. The summed E-state index contributed by atoms with van der Waals surface area (Å²) >= 11 is 1.60. The minimum absolute atomic E-state index is 0.602. The third-order valence-electron chi connectivity index (χ3n) is 5.98. The molecule has 3 aromatic heterocycles. The van der Waals surface area contributed by atoms with Gasteiger partial charge in [-0.1, -0.05) is 59.9 Å². The molecule has 30 heavy (non-hydrogen) atoms. The molecule has 7 heteroatoms. The van der Waals surface area contributed by atoms with Crippen LogP contribution in [0, 0.1) is 6.92 Å². The summed E-state index contributed by atoms with van der Waals surface area (Å²) in [6.45, 7) is 5.06. The maximum Gasteiger partial charge on any atom is 0.235 e. The Kier molecular flexibility index (Phi) is 4.17. The van der Waals surface area contributed by atoms with Crippen LogP contribution in [0.3, 0.4) is 0 Å². The zero-order valence-electron chi connectivity index (χ0n) is 16.7. The molecule has 0 N–H and O–H groups in total. The molecule has 1 aliphatic heterocycles. The second-order valence-electron chi connectivity index (χ2n) is 7.90. The summed E-state index contributed by atoms with van der Waals surface area (Å²) in [4.78, 5) is 3.29. The van der Waals surface area contributed by atoms with Crippen molar-refractivity contribution in [1.29, 1.82) is 0 Å². The highest BCUT2D eigenvalue weighted by atomic mass is 32.1. The highest BCUT2D eigenvalue weighted by Crippen LogP contribution is 2.33. The highest BCUT2D eigenvalue weighted by molar-refractivity contribution is 7.16. The van der Waals surface area contributed by atoms with Crippen LogP contribution in [0.2, 0.25) is 0 Å². The van der Waals surface area contributed by atoms with E-state index < -0.39 is 0 Å². The third kappa shape index (κ3) is 2.93. The molecule has 1 fully saturated rings. The Hall–Kier alpha value is -3.03. The molecule has 0 aliphatic carbocycles. The SMILES string of the molecule is Cc1c(-c2nnc3sc(CN4CCC(c5ccccc5)C4)nn23)oc2ccccc12. The zero-order valence-corrected chi connectivity index (χ0v) is 17.5. The Bertz CT molecular complexity index is 1340. The number of hydrogen-bond donors (Lipinski definition) is 0. The van der Waals surface area contributed by atoms with Gasteiger partial charge >= 0.3 is 0 Å². The number of fused-ring (bicyclic) bond motifs is 2. The standard InChI is InChI=1S/C23H21N5OS/c1-15-18-9-5-6-10-19(18)29-21(15)22-24-25-23-28(22)26-20(30-23)14-27-12-11-17(13-27)16-7-3-2-4-8-16/h2-10,17H,11-14H2,1H3. The zero-order chi connectivity index (χ0) is 20.1. The topological polar surface area (TPSA) is 59.5 Å². The average molecular weight is 416 g/mol. The molecule has 1 aliphatic rings. The van der Waals surface area contributed by atoms with Crippen molar-refractivity contribution in [2.45, 2.75) is 25.8 Å². The van der Waals surface area contributed by atoms with Gasteiger partial charge in [-0.05, 0) is 37.4 Å². The molecule has 6 nitrogen and oxygen atoms in total. The third-order valence-corrected chi connectivity index (χ3v) is 6.87. The normalized spacial score (nSPS) is 17.4. The predicted octanol–water partition coefficient (Wildman–Crippen LogP) is 4.90. The van der Waals surface area contributed by atoms with Crippen LogP contribution in [-0.2, 0) is 6.54 Å². The van der Waals surface area contributed by atoms with Crippen LogP contribution in [0.4, 0.5) is 0 Å². The molecular weight excluding hydrogens is 394 g/mol. The van der Waals surface area contributed by atoms with Gasteiger partial charge in [0.1, 0.15) is 10.6 Å². The lowest BCUT2D eigenvalue weighted by Crippen LogP contribution is -2.19. The van der Waals surface area contributed by atoms with Gasteiger partial charge in [0.15, 0.2) is 5.76 Å². The fourth-order valence-corrected chi connectivity index (χ4v) is 5.29. The van der Waals surface area contributed by atoms with Crippen LogP contribution < -0.4 is 0 Å². The molecule has 0 amide bonds. The molecule has 5 aromatic rings. The minimum atomic E-state index is 0.602. The van der Waals surface area contributed by atoms with Gasteiger partial charge in [0.05, 0.1) is 6.54 Å². The van der Waals surface area contributed by atoms with E-state index in [0.717, 1.165) is 51.9 Å². The van der Waals surface area contributed by atoms with E-state index >= 15 is 0 Å². The summed E-state index contributed by atoms with van der Waals surface area (Å²) in [5.74, 6) is 2.02. The first-order valence-corrected chi connectivity index (χ1v) is 11.0. The smallest absolute Gasteiger partial charge is 0.235 e. The quantitative estimate of drug-likeness (QED) is 0.418. The number of furan rings is 1. The summed E-state index contributed by atoms with van der Waals surface area (Å²) in [6, 6.07) is 18.9. The lowest BCUT2D eigenvalue weighted by Gasteiger charge is -2.14. The summed E-state index contributed by atoms with van der Waals surface area (Å²) in [7, 11) is 0. The molecule has 6 rings (SSSR count). The Morgan fingerprint density at radius 3 is 2.77 bits per heavy atom. The van der Waals surface area contributed by atoms with Gasteiger partial charge in [0.25, 0.3) is 0 Å². The van der Waals surface area contributed by atoms with Crippen molar-refractivity contribution in [1.82, 2.24) is 24.7 Å². The monoisotopic (exact) mass is 415 g/mol. The van der Waals surface area contributed by atoms with E-state index in [4.69, 9.17) is 9.52 Å². The highest BCUT2D eigenvalue weighted by Gasteiger charge is 2.26. The number of rotatable bonds is 4. The number of hydrogen-bond acceptors (Lipinski definition) is 6. The molecule has 1 saturated heterocycles. The van der Waals surface area contributed by atoms with Crippen molar-refractivity contribution < 1.29 is 4.42 Å². The fourth-order valence-electron chi connectivity index (χ4n) is 4.41. The van der Waals surface area contributed by atoms with E-state index in [2.05, 4.69) is 58.4 Å². The number of aromatic nitrogens is 4. The van der Waals surface area contributed by atoms with E-state index in [1.807, 2.05) is 22.7 Å². The first-order valence-electron chi connectivity index (χ1n) is 10.2. The minimum Gasteiger partial charge on any atom is -0.452 e. The van der Waals surface area contributed by atoms with Crippen LogP contribution in [-0.4, -0.2) is 37.8 Å². The number of para-hydroxylation sites is 1. The summed E-state index contributed by atoms with van der Waals surface area (Å²) < 4.78 is 7.92. The molecule has 0 radical (unpaired) electrons. The second kappa shape index (κ2) is 7.04. The molecule has 0 spiro atoms. The van der Waals surface area contributed by atoms with Crippen molar-refractivity contribution in [3.63, 3.8) is 0 Å². The largest absolute Gasteiger partial charge is 0.452 e. The van der Waals surface area contributed by atoms with E-state index in [1.54, 1.807) is 11.3 Å². The van der Waals surface area contributed by atoms with Gasteiger partial charge in [-0.3, -0.25) is 4.90 Å². The van der Waals surface area contributed by atoms with Crippen molar-refractivity contribution in [3.8, 4) is 11.6 Å². The van der Waals surface area contributed by atoms with Gasteiger partial charge in [0, 0.05) is 17.5 Å². The van der Waals surface area contributed by atoms with Gasteiger partial charge in [0.2, 0.25) is 10.8 Å². The van der Waals surface area contributed by atoms with E-state index in [-0.39, 0.29) is 0 Å². The van der Waals surface area contributed by atoms with Crippen LogP contribution >= 0.6 is 11.3 Å². The van der Waals surface area contributed by atoms with Gasteiger partial charge < -0.3 is 4.42 Å². The first kappa shape index (κ1) is 17.8. The number of benzene rings is 2. The Labute approximate surface area is 177 Å². The lowest BCUT2D eigenvalue weighted by molar-refractivity contribution is 0.325. The van der Waals surface area contributed by atoms with Crippen molar-refractivity contribution in [3.05, 3.63) is 70.7 Å². The second-order valence-corrected chi connectivity index (χ2v) is 8.94. The molecule has 1 atom stereocenters. The molecule has 150 valence electrons. The number of likely N-dealkylation sites (tertiary alicyclic amines) is 1. The molecular formula is C23H21N5OS. The van der Waals surface area contributed by atoms with Crippen LogP contribution in [0.15, 0.2) is 59.0 Å². The van der Waals surface area contributed by atoms with E-state index in [9.17, 15) is 0 Å². The van der Waals surface area contributed by atoms with E-state index in [0.29, 0.717) is 11.7 Å². The van der Waals surface area contributed by atoms with Crippen molar-refractivity contribution >= 4 is 27.3 Å². The summed E-state index contributed by atoms with van der Waals surface area (Å²) in [5, 5.41) is 15.7. The number of aryl methyl sites for hydroxylation is 1. The van der Waals surface area contributed by atoms with Crippen LogP contribution in [0.25, 0.3) is 27.5 Å². The van der Waals surface area contributed by atoms with E-state index in [1.165, 1.54) is 12.0 Å². The van der Waals surface area contributed by atoms with Crippen molar-refractivity contribution in [2.24, 2.45) is 0 Å². The summed E-state index contributed by atoms with van der Waals surface area (Å²) in [5.41, 5.74) is 3.36. The molecule has 0 saturated carbocycles. The van der Waals surface area contributed by atoms with Crippen LogP contribution in [0.1, 0.15) is 28.5 Å². The first-order chi connectivity index (χ1) is 14.8. The van der Waals surface area contributed by atoms with Crippen LogP contribution in [0.5, 0.6) is 0 Å². The number of nitrogens with zero attached hydrogens (tertiary/aromatic N) is 5. The van der Waals surface area contributed by atoms with Gasteiger partial charge in [-0.2, -0.15) is 9.61 Å². The molecule has 4 heterocycles. The van der Waals surface area contributed by atoms with Crippen molar-refractivity contribution in [2.75, 3.05) is 13.1 Å². The Morgan fingerprint density at radius 2 is 1.90 bits per heavy atom. The van der Waals surface area contributed by atoms with Gasteiger partial charge in [-0.25, -0.2) is 0 Å². The summed E-state index contributed by atoms with van der Waals surface area (Å²) in [6.07, 6.45) is 1.19. The lowest BCUT2D eigenvalue weighted by atomic mass is 9.99. The van der Waals surface area contributed by atoms with Gasteiger partial charge in [-0.15, -0.1) is 10.2 Å². The maximum atomic E-state index is 6.09. The molecule has 2 aromatic carbocycles. The Balaban J connectivity index is 1.27. The molecule has 0 bridgehead atoms. The predicted molar refractivity (Wildman–Crippen MR) is 118 cm³/mol.